The Hall–Kier alpha value is -0.780. The van der Waals surface area contributed by atoms with E-state index >= 15 is 0 Å². The average molecular weight is 387 g/mol. The summed E-state index contributed by atoms with van der Waals surface area (Å²) in [6.07, 6.45) is 1.23. The van der Waals surface area contributed by atoms with Crippen LogP contribution in [0.2, 0.25) is 0 Å². The van der Waals surface area contributed by atoms with Crippen molar-refractivity contribution in [1.82, 2.24) is 10.2 Å². The first kappa shape index (κ1) is 17.3. The molecule has 20 heavy (non-hydrogen) atoms. The summed E-state index contributed by atoms with van der Waals surface area (Å²) in [6, 6.07) is 8.64. The zero-order valence-electron chi connectivity index (χ0n) is 12.9. The van der Waals surface area contributed by atoms with Crippen molar-refractivity contribution < 1.29 is 0 Å². The highest BCUT2D eigenvalue weighted by Crippen LogP contribution is 2.28. The van der Waals surface area contributed by atoms with Gasteiger partial charge < -0.3 is 10.2 Å². The summed E-state index contributed by atoms with van der Waals surface area (Å²) in [5.74, 6) is 1.02. The van der Waals surface area contributed by atoms with Crippen LogP contribution in [0.25, 0.3) is 0 Å². The largest absolute Gasteiger partial charge is 0.352 e. The van der Waals surface area contributed by atoms with Gasteiger partial charge in [-0.3, -0.25) is 4.99 Å². The number of hydrogen-bond donors (Lipinski definition) is 1. The van der Waals surface area contributed by atoms with Crippen molar-refractivity contribution in [2.45, 2.75) is 33.7 Å². The van der Waals surface area contributed by atoms with Gasteiger partial charge in [0, 0.05) is 26.7 Å². The molecule has 0 bridgehead atoms. The van der Waals surface area contributed by atoms with Crippen molar-refractivity contribution in [2.75, 3.05) is 20.1 Å². The average Bonchev–Trinajstić information content (AvgIpc) is 2.73. The summed E-state index contributed by atoms with van der Waals surface area (Å²) in [6.45, 7) is 9.77. The first-order valence-corrected chi connectivity index (χ1v) is 7.01. The van der Waals surface area contributed by atoms with Gasteiger partial charge in [-0.1, -0.05) is 43.7 Å². The number of nitrogens with zero attached hydrogens (tertiary/aromatic N) is 2. The molecule has 1 aliphatic heterocycles. The molecule has 0 aliphatic carbocycles. The molecule has 2 rings (SSSR count). The van der Waals surface area contributed by atoms with Crippen LogP contribution in [0.5, 0.6) is 0 Å². The zero-order valence-corrected chi connectivity index (χ0v) is 15.3. The van der Waals surface area contributed by atoms with Crippen LogP contribution in [0.3, 0.4) is 0 Å². The fraction of sp³-hybridized carbons (Fsp3) is 0.562. The van der Waals surface area contributed by atoms with Crippen molar-refractivity contribution in [1.29, 1.82) is 0 Å². The van der Waals surface area contributed by atoms with Gasteiger partial charge in [0.05, 0.1) is 0 Å². The number of hydrogen-bond acceptors (Lipinski definition) is 1. The van der Waals surface area contributed by atoms with Crippen molar-refractivity contribution >= 4 is 29.9 Å². The molecule has 0 aromatic heterocycles. The van der Waals surface area contributed by atoms with Gasteiger partial charge in [-0.25, -0.2) is 0 Å². The minimum Gasteiger partial charge on any atom is -0.352 e. The molecule has 112 valence electrons. The number of guanidine groups is 1. The second-order valence-electron chi connectivity index (χ2n) is 6.22. The summed E-state index contributed by atoms with van der Waals surface area (Å²) in [7, 11) is 1.86. The molecule has 0 saturated carbocycles. The topological polar surface area (TPSA) is 27.6 Å². The number of likely N-dealkylation sites (tertiary alicyclic amines) is 1. The zero-order chi connectivity index (χ0) is 13.9. The smallest absolute Gasteiger partial charge is 0.193 e. The molecule has 1 heterocycles. The lowest BCUT2D eigenvalue weighted by molar-refractivity contribution is 0.370. The highest BCUT2D eigenvalue weighted by molar-refractivity contribution is 14.0. The number of halogens is 1. The van der Waals surface area contributed by atoms with Crippen molar-refractivity contribution in [2.24, 2.45) is 10.4 Å². The lowest BCUT2D eigenvalue weighted by atomic mass is 9.93. The second-order valence-corrected chi connectivity index (χ2v) is 6.22. The number of benzene rings is 1. The van der Waals surface area contributed by atoms with Crippen LogP contribution in [0.1, 0.15) is 31.4 Å². The lowest BCUT2D eigenvalue weighted by Crippen LogP contribution is -2.40. The highest BCUT2D eigenvalue weighted by atomic mass is 127. The quantitative estimate of drug-likeness (QED) is 0.479. The molecule has 1 N–H and O–H groups in total. The number of rotatable bonds is 2. The first-order chi connectivity index (χ1) is 9.00. The minimum absolute atomic E-state index is 0. The van der Waals surface area contributed by atoms with Gasteiger partial charge in [0.1, 0.15) is 0 Å². The Balaban J connectivity index is 0.00000200. The first-order valence-electron chi connectivity index (χ1n) is 7.01. The van der Waals surface area contributed by atoms with E-state index in [-0.39, 0.29) is 24.0 Å². The molecule has 1 aromatic rings. The van der Waals surface area contributed by atoms with Crippen LogP contribution >= 0.6 is 24.0 Å². The summed E-state index contributed by atoms with van der Waals surface area (Å²) >= 11 is 0. The second kappa shape index (κ2) is 7.29. The molecule has 1 fully saturated rings. The molecule has 0 unspecified atom stereocenters. The Kier molecular flexibility index (Phi) is 6.30. The van der Waals surface area contributed by atoms with Crippen molar-refractivity contribution in [3.63, 3.8) is 0 Å². The fourth-order valence-electron chi connectivity index (χ4n) is 2.51. The van der Waals surface area contributed by atoms with Crippen molar-refractivity contribution in [3.8, 4) is 0 Å². The maximum absolute atomic E-state index is 4.40. The third kappa shape index (κ3) is 4.65. The number of nitrogens with one attached hydrogen (secondary N) is 1. The Bertz CT molecular complexity index is 451. The van der Waals surface area contributed by atoms with Crippen LogP contribution in [0.4, 0.5) is 0 Å². The van der Waals surface area contributed by atoms with Crippen LogP contribution in [0, 0.1) is 12.3 Å². The number of aliphatic imine (C=N–C) groups is 1. The molecule has 0 amide bonds. The SMILES string of the molecule is CN=C(NCc1ccc(C)cc1)N1CCC(C)(C)C1.I. The van der Waals surface area contributed by atoms with Crippen LogP contribution in [-0.2, 0) is 6.54 Å². The van der Waals surface area contributed by atoms with E-state index in [1.165, 1.54) is 17.5 Å². The minimum atomic E-state index is 0. The van der Waals surface area contributed by atoms with Crippen LogP contribution in [0.15, 0.2) is 29.3 Å². The molecule has 4 heteroatoms. The van der Waals surface area contributed by atoms with Crippen LogP contribution < -0.4 is 5.32 Å². The van der Waals surface area contributed by atoms with E-state index in [2.05, 4.69) is 60.2 Å². The van der Waals surface area contributed by atoms with Gasteiger partial charge in [0.25, 0.3) is 0 Å². The van der Waals surface area contributed by atoms with Crippen molar-refractivity contribution in [3.05, 3.63) is 35.4 Å². The molecule has 1 saturated heterocycles. The normalized spacial score (nSPS) is 17.8. The summed E-state index contributed by atoms with van der Waals surface area (Å²) in [4.78, 5) is 6.76. The molecule has 0 atom stereocenters. The van der Waals surface area contributed by atoms with Gasteiger partial charge in [-0.2, -0.15) is 0 Å². The van der Waals surface area contributed by atoms with Gasteiger partial charge in [-0.05, 0) is 24.3 Å². The molecular weight excluding hydrogens is 361 g/mol. The van der Waals surface area contributed by atoms with Gasteiger partial charge >= 0.3 is 0 Å². The highest BCUT2D eigenvalue weighted by Gasteiger charge is 2.30. The predicted octanol–water partition coefficient (Wildman–Crippen LogP) is 3.42. The van der Waals surface area contributed by atoms with E-state index in [1.54, 1.807) is 0 Å². The Morgan fingerprint density at radius 2 is 1.95 bits per heavy atom. The molecule has 3 nitrogen and oxygen atoms in total. The molecular formula is C16H26IN3. The molecule has 1 aromatic carbocycles. The maximum Gasteiger partial charge on any atom is 0.193 e. The standard InChI is InChI=1S/C16H25N3.HI/c1-13-5-7-14(8-6-13)11-18-15(17-4)19-10-9-16(2,3)12-19;/h5-8H,9-12H2,1-4H3,(H,17,18);1H. The summed E-state index contributed by atoms with van der Waals surface area (Å²) < 4.78 is 0. The van der Waals surface area contributed by atoms with Crippen LogP contribution in [-0.4, -0.2) is 31.0 Å². The van der Waals surface area contributed by atoms with E-state index < -0.39 is 0 Å². The predicted molar refractivity (Wildman–Crippen MR) is 96.8 cm³/mol. The van der Waals surface area contributed by atoms with E-state index in [0.29, 0.717) is 5.41 Å². The Labute approximate surface area is 139 Å². The molecule has 0 radical (unpaired) electrons. The third-order valence-electron chi connectivity index (χ3n) is 3.76. The molecule has 1 aliphatic rings. The summed E-state index contributed by atoms with van der Waals surface area (Å²) in [5, 5.41) is 3.46. The Morgan fingerprint density at radius 1 is 1.30 bits per heavy atom. The van der Waals surface area contributed by atoms with E-state index in [9.17, 15) is 0 Å². The number of aryl methyl sites for hydroxylation is 1. The fourth-order valence-corrected chi connectivity index (χ4v) is 2.51. The maximum atomic E-state index is 4.40. The van der Waals surface area contributed by atoms with Gasteiger partial charge in [0.2, 0.25) is 0 Å². The van der Waals surface area contributed by atoms with Gasteiger partial charge in [0.15, 0.2) is 5.96 Å². The third-order valence-corrected chi connectivity index (χ3v) is 3.76. The lowest BCUT2D eigenvalue weighted by Gasteiger charge is -2.23. The van der Waals surface area contributed by atoms with E-state index in [4.69, 9.17) is 0 Å². The van der Waals surface area contributed by atoms with E-state index in [1.807, 2.05) is 7.05 Å². The Morgan fingerprint density at radius 3 is 2.45 bits per heavy atom. The monoisotopic (exact) mass is 387 g/mol. The molecule has 0 spiro atoms. The summed E-state index contributed by atoms with van der Waals surface area (Å²) in [5.41, 5.74) is 3.00. The van der Waals surface area contributed by atoms with Gasteiger partial charge in [-0.15, -0.1) is 24.0 Å². The van der Waals surface area contributed by atoms with E-state index in [0.717, 1.165) is 25.6 Å².